The van der Waals surface area contributed by atoms with E-state index in [1.807, 2.05) is 6.92 Å². The number of rotatable bonds is 9. The van der Waals surface area contributed by atoms with E-state index in [4.69, 9.17) is 16.3 Å². The third-order valence-electron chi connectivity index (χ3n) is 14.0. The molecule has 8 rings (SSSR count). The van der Waals surface area contributed by atoms with Gasteiger partial charge in [0.2, 0.25) is 0 Å². The van der Waals surface area contributed by atoms with Crippen LogP contribution >= 0.6 is 11.6 Å². The summed E-state index contributed by atoms with van der Waals surface area (Å²) in [5.74, 6) is 0.0655. The predicted octanol–water partition coefficient (Wildman–Crippen LogP) is 8.13. The van der Waals surface area contributed by atoms with E-state index in [0.717, 1.165) is 25.7 Å². The third-order valence-corrected chi connectivity index (χ3v) is 14.3. The molecular formula is C41H50ClFN2O5. The van der Waals surface area contributed by atoms with Gasteiger partial charge in [0.15, 0.2) is 5.78 Å². The Morgan fingerprint density at radius 2 is 1.72 bits per heavy atom. The zero-order chi connectivity index (χ0) is 35.7. The summed E-state index contributed by atoms with van der Waals surface area (Å²) in [7, 11) is 1.60. The molecule has 2 spiro atoms. The number of halogens is 2. The lowest BCUT2D eigenvalue weighted by molar-refractivity contribution is -0.177. The molecule has 2 bridgehead atoms. The highest BCUT2D eigenvalue weighted by Crippen LogP contribution is 2.78. The third kappa shape index (κ3) is 5.10. The fourth-order valence-corrected chi connectivity index (χ4v) is 11.6. The van der Waals surface area contributed by atoms with Crippen molar-refractivity contribution in [3.63, 3.8) is 0 Å². The van der Waals surface area contributed by atoms with Crippen LogP contribution in [0.4, 0.5) is 14.9 Å². The number of nitrogens with one attached hydrogen (secondary N) is 1. The Labute approximate surface area is 299 Å². The number of Topliss-reactive ketones (excluding diaryl/α,β-unsaturated/α-hetero) is 1. The van der Waals surface area contributed by atoms with E-state index in [-0.39, 0.29) is 52.6 Å². The number of anilines is 1. The lowest BCUT2D eigenvalue weighted by atomic mass is 9.32. The molecule has 3 N–H and O–H groups in total. The lowest BCUT2D eigenvalue weighted by Crippen LogP contribution is -2.67. The molecule has 0 aromatic heterocycles. The average Bonchev–Trinajstić information content (AvgIpc) is 3.36. The number of hydrogen-bond donors (Lipinski definition) is 3. The molecule has 8 unspecified atom stereocenters. The summed E-state index contributed by atoms with van der Waals surface area (Å²) >= 11 is 6.46. The molecule has 0 radical (unpaired) electrons. The van der Waals surface area contributed by atoms with Gasteiger partial charge in [0.05, 0.1) is 25.4 Å². The number of allylic oxidation sites excluding steroid dienone is 4. The molecule has 2 aromatic carbocycles. The molecule has 7 nitrogen and oxygen atoms in total. The van der Waals surface area contributed by atoms with Crippen LogP contribution in [0.25, 0.3) is 0 Å². The fraction of sp³-hybridized carbons (Fsp3) is 0.561. The Kier molecular flexibility index (Phi) is 8.79. The van der Waals surface area contributed by atoms with Crippen molar-refractivity contribution < 1.29 is 28.9 Å². The number of benzene rings is 2. The average molecular weight is 705 g/mol. The van der Waals surface area contributed by atoms with Crippen molar-refractivity contribution >= 4 is 29.1 Å². The van der Waals surface area contributed by atoms with Gasteiger partial charge in [-0.05, 0) is 105 Å². The normalized spacial score (nSPS) is 36.6. The fourth-order valence-electron chi connectivity index (χ4n) is 11.3. The van der Waals surface area contributed by atoms with E-state index >= 15 is 4.39 Å². The summed E-state index contributed by atoms with van der Waals surface area (Å²) < 4.78 is 20.4. The smallest absolute Gasteiger partial charge is 0.321 e. The zero-order valence-corrected chi connectivity index (χ0v) is 30.4. The van der Waals surface area contributed by atoms with Gasteiger partial charge in [0.25, 0.3) is 0 Å². The number of aliphatic hydroxyl groups is 2. The number of ketones is 1. The first-order chi connectivity index (χ1) is 23.8. The number of carbonyl (C=O) groups is 2. The Balaban J connectivity index is 1.25. The maximum absolute atomic E-state index is 15.1. The van der Waals surface area contributed by atoms with Crippen molar-refractivity contribution in [2.75, 3.05) is 25.5 Å². The van der Waals surface area contributed by atoms with Crippen LogP contribution in [0.1, 0.15) is 77.7 Å². The molecule has 9 heteroatoms. The summed E-state index contributed by atoms with van der Waals surface area (Å²) in [6.45, 7) is 7.17. The maximum atomic E-state index is 15.1. The molecule has 8 atom stereocenters. The van der Waals surface area contributed by atoms with Crippen LogP contribution in [0.3, 0.4) is 0 Å². The number of amides is 2. The van der Waals surface area contributed by atoms with Gasteiger partial charge in [0.1, 0.15) is 11.6 Å². The van der Waals surface area contributed by atoms with E-state index < -0.39 is 33.8 Å². The van der Waals surface area contributed by atoms with Crippen molar-refractivity contribution in [2.45, 2.75) is 90.3 Å². The number of ether oxygens (including phenoxy) is 1. The molecule has 6 aliphatic carbocycles. The number of aliphatic hydroxyl groups excluding tert-OH is 1. The number of nitrogens with zero attached hydrogens (tertiary/aromatic N) is 1. The molecular weight excluding hydrogens is 655 g/mol. The number of methoxy groups -OCH3 is 1. The second kappa shape index (κ2) is 12.5. The highest BCUT2D eigenvalue weighted by atomic mass is 35.5. The zero-order valence-electron chi connectivity index (χ0n) is 29.6. The largest absolute Gasteiger partial charge is 0.497 e. The second-order valence-electron chi connectivity index (χ2n) is 16.2. The van der Waals surface area contributed by atoms with Gasteiger partial charge in [-0.2, -0.15) is 0 Å². The molecule has 268 valence electrons. The first-order valence-electron chi connectivity index (χ1n) is 18.3. The molecule has 2 amide bonds. The molecule has 2 aromatic rings. The maximum Gasteiger partial charge on any atom is 0.321 e. The van der Waals surface area contributed by atoms with E-state index in [1.165, 1.54) is 6.07 Å². The van der Waals surface area contributed by atoms with Crippen molar-refractivity contribution in [3.05, 3.63) is 82.7 Å². The predicted molar refractivity (Wildman–Crippen MR) is 193 cm³/mol. The van der Waals surface area contributed by atoms with Gasteiger partial charge in [-0.1, -0.05) is 56.7 Å². The van der Waals surface area contributed by atoms with E-state index in [1.54, 1.807) is 48.4 Å². The van der Waals surface area contributed by atoms with Gasteiger partial charge >= 0.3 is 6.03 Å². The lowest BCUT2D eigenvalue weighted by Gasteiger charge is -2.71. The Bertz CT molecular complexity index is 1730. The quantitative estimate of drug-likeness (QED) is 0.229. The van der Waals surface area contributed by atoms with Crippen LogP contribution in [0, 0.1) is 39.3 Å². The van der Waals surface area contributed by atoms with Gasteiger partial charge in [-0.15, -0.1) is 0 Å². The Morgan fingerprint density at radius 1 is 1.02 bits per heavy atom. The number of urea groups is 1. The molecule has 0 heterocycles. The molecule has 0 aliphatic heterocycles. The first kappa shape index (κ1) is 35.2. The van der Waals surface area contributed by atoms with Gasteiger partial charge in [0, 0.05) is 51.1 Å². The minimum Gasteiger partial charge on any atom is -0.497 e. The van der Waals surface area contributed by atoms with Crippen molar-refractivity contribution in [2.24, 2.45) is 33.5 Å². The summed E-state index contributed by atoms with van der Waals surface area (Å²) in [4.78, 5) is 30.1. The Hall–Kier alpha value is -3.20. The van der Waals surface area contributed by atoms with Crippen LogP contribution in [0.2, 0.25) is 5.02 Å². The second-order valence-corrected chi connectivity index (χ2v) is 16.6. The van der Waals surface area contributed by atoms with Crippen LogP contribution < -0.4 is 10.1 Å². The standard InChI is InChI=1S/C41H50ClFN2O5/c1-5-21-45(36(48)44-26-9-11-28(50-4)12-10-26)25-40(49)18-15-35-38(40,3)17-14-34-37(2)16-13-27(46)23-39(37)19-20-41(34,35)30(24-39)33(47)22-29-31(42)7-6-8-32(29)43/h6-12,19-20,24,27,34-35,46,49H,5,13-18,21-23,25H2,1-4H3,(H,44,48). The molecule has 3 saturated carbocycles. The van der Waals surface area contributed by atoms with E-state index in [9.17, 15) is 19.8 Å². The monoisotopic (exact) mass is 704 g/mol. The highest BCUT2D eigenvalue weighted by molar-refractivity contribution is 6.31. The molecule has 0 saturated heterocycles. The van der Waals surface area contributed by atoms with Crippen LogP contribution in [-0.2, 0) is 11.2 Å². The summed E-state index contributed by atoms with van der Waals surface area (Å²) in [6, 6.07) is 11.4. The van der Waals surface area contributed by atoms with Gasteiger partial charge in [-0.25, -0.2) is 9.18 Å². The Morgan fingerprint density at radius 3 is 2.42 bits per heavy atom. The topological polar surface area (TPSA) is 99.1 Å². The number of carbonyl (C=O) groups excluding carboxylic acids is 2. The van der Waals surface area contributed by atoms with Gasteiger partial charge in [-0.3, -0.25) is 4.79 Å². The van der Waals surface area contributed by atoms with Crippen LogP contribution in [-0.4, -0.2) is 58.8 Å². The first-order valence-corrected chi connectivity index (χ1v) is 18.6. The summed E-state index contributed by atoms with van der Waals surface area (Å²) in [5, 5.41) is 27.0. The van der Waals surface area contributed by atoms with Gasteiger partial charge < -0.3 is 25.2 Å². The van der Waals surface area contributed by atoms with E-state index in [0.29, 0.717) is 49.2 Å². The van der Waals surface area contributed by atoms with Crippen molar-refractivity contribution in [1.29, 1.82) is 0 Å². The highest BCUT2D eigenvalue weighted by Gasteiger charge is 2.74. The molecule has 6 aliphatic rings. The number of fused-ring (bicyclic) bond motifs is 1. The van der Waals surface area contributed by atoms with Crippen molar-refractivity contribution in [1.82, 2.24) is 4.90 Å². The van der Waals surface area contributed by atoms with Crippen molar-refractivity contribution in [3.8, 4) is 5.75 Å². The minimum absolute atomic E-state index is 0.0867. The number of hydrogen-bond acceptors (Lipinski definition) is 5. The van der Waals surface area contributed by atoms with Crippen LogP contribution in [0.15, 0.2) is 66.3 Å². The SMILES string of the molecule is CCCN(CC1(O)CCC2C34C=CC5(C=C3C(=O)Cc3c(F)cccc3Cl)CC(O)CCC5(C)C4CCC21C)C(=O)Nc1ccc(OC)cc1. The van der Waals surface area contributed by atoms with Crippen LogP contribution in [0.5, 0.6) is 5.75 Å². The minimum atomic E-state index is -1.20. The van der Waals surface area contributed by atoms with E-state index in [2.05, 4.69) is 37.4 Å². The molecule has 50 heavy (non-hydrogen) atoms. The summed E-state index contributed by atoms with van der Waals surface area (Å²) in [6.07, 6.45) is 11.6. The summed E-state index contributed by atoms with van der Waals surface area (Å²) in [5.41, 5.74) is -1.64. The molecule has 3 fully saturated rings.